The van der Waals surface area contributed by atoms with Crippen LogP contribution in [-0.4, -0.2) is 18.0 Å². The molecular weight excluding hydrogens is 164 g/mol. The molecule has 3 N–H and O–H groups in total. The minimum Gasteiger partial charge on any atom is -0.368 e. The summed E-state index contributed by atoms with van der Waals surface area (Å²) >= 11 is 0. The summed E-state index contributed by atoms with van der Waals surface area (Å²) in [5, 5.41) is 3.34. The topological polar surface area (TPSA) is 55.1 Å². The van der Waals surface area contributed by atoms with E-state index in [1.807, 2.05) is 0 Å². The van der Waals surface area contributed by atoms with Gasteiger partial charge in [-0.25, -0.2) is 0 Å². The average molecular weight is 184 g/mol. The summed E-state index contributed by atoms with van der Waals surface area (Å²) in [4.78, 5) is 11.0. The van der Waals surface area contributed by atoms with Crippen molar-refractivity contribution in [3.8, 4) is 0 Å². The predicted octanol–water partition coefficient (Wildman–Crippen LogP) is 1.17. The number of primary amides is 1. The molecule has 0 bridgehead atoms. The number of carbonyl (C=O) groups is 1. The van der Waals surface area contributed by atoms with Gasteiger partial charge < -0.3 is 11.1 Å². The van der Waals surface area contributed by atoms with Crippen molar-refractivity contribution in [1.82, 2.24) is 5.32 Å². The molecule has 0 aromatic carbocycles. The number of nitrogens with two attached hydrogens (primary N) is 1. The SMILES string of the molecule is CCCC(NC1CCCC1)C(N)=O. The lowest BCUT2D eigenvalue weighted by Gasteiger charge is -2.19. The van der Waals surface area contributed by atoms with Gasteiger partial charge in [-0.2, -0.15) is 0 Å². The normalized spacial score (nSPS) is 20.4. The molecule has 1 amide bonds. The number of amides is 1. The fraction of sp³-hybridized carbons (Fsp3) is 0.900. The van der Waals surface area contributed by atoms with Gasteiger partial charge >= 0.3 is 0 Å². The zero-order chi connectivity index (χ0) is 9.68. The smallest absolute Gasteiger partial charge is 0.234 e. The highest BCUT2D eigenvalue weighted by molar-refractivity contribution is 5.79. The molecule has 76 valence electrons. The summed E-state index contributed by atoms with van der Waals surface area (Å²) < 4.78 is 0. The van der Waals surface area contributed by atoms with Crippen LogP contribution in [0.2, 0.25) is 0 Å². The molecule has 1 unspecified atom stereocenters. The Balaban J connectivity index is 2.32. The average Bonchev–Trinajstić information content (AvgIpc) is 2.56. The highest BCUT2D eigenvalue weighted by Gasteiger charge is 2.21. The highest BCUT2D eigenvalue weighted by Crippen LogP contribution is 2.18. The zero-order valence-corrected chi connectivity index (χ0v) is 8.38. The Kier molecular flexibility index (Phi) is 4.22. The van der Waals surface area contributed by atoms with E-state index in [1.54, 1.807) is 0 Å². The van der Waals surface area contributed by atoms with Gasteiger partial charge in [0.1, 0.15) is 0 Å². The largest absolute Gasteiger partial charge is 0.368 e. The van der Waals surface area contributed by atoms with E-state index < -0.39 is 0 Å². The summed E-state index contributed by atoms with van der Waals surface area (Å²) in [6.45, 7) is 2.08. The fourth-order valence-corrected chi connectivity index (χ4v) is 1.97. The molecule has 1 aliphatic carbocycles. The van der Waals surface area contributed by atoms with E-state index in [0.29, 0.717) is 6.04 Å². The fourth-order valence-electron chi connectivity index (χ4n) is 1.97. The van der Waals surface area contributed by atoms with Gasteiger partial charge in [-0.3, -0.25) is 4.79 Å². The lowest BCUT2D eigenvalue weighted by Crippen LogP contribution is -2.45. The number of carbonyl (C=O) groups excluding carboxylic acids is 1. The molecule has 0 aromatic heterocycles. The predicted molar refractivity (Wildman–Crippen MR) is 53.3 cm³/mol. The van der Waals surface area contributed by atoms with Gasteiger partial charge in [0.15, 0.2) is 0 Å². The summed E-state index contributed by atoms with van der Waals surface area (Å²) in [7, 11) is 0. The standard InChI is InChI=1S/C10H20N2O/c1-2-5-9(10(11)13)12-8-6-3-4-7-8/h8-9,12H,2-7H2,1H3,(H2,11,13). The van der Waals surface area contributed by atoms with Gasteiger partial charge in [0.05, 0.1) is 6.04 Å². The summed E-state index contributed by atoms with van der Waals surface area (Å²) in [6, 6.07) is 0.428. The molecule has 0 aromatic rings. The van der Waals surface area contributed by atoms with Gasteiger partial charge in [0.25, 0.3) is 0 Å². The first-order valence-corrected chi connectivity index (χ1v) is 5.29. The Morgan fingerprint density at radius 2 is 2.15 bits per heavy atom. The molecule has 0 radical (unpaired) electrons. The van der Waals surface area contributed by atoms with Crippen molar-refractivity contribution in [2.75, 3.05) is 0 Å². The number of nitrogens with one attached hydrogen (secondary N) is 1. The Hall–Kier alpha value is -0.570. The van der Waals surface area contributed by atoms with E-state index in [4.69, 9.17) is 5.73 Å². The number of hydrogen-bond donors (Lipinski definition) is 2. The first-order valence-electron chi connectivity index (χ1n) is 5.29. The molecule has 0 spiro atoms. The molecular formula is C10H20N2O. The third kappa shape index (κ3) is 3.35. The van der Waals surface area contributed by atoms with Gasteiger partial charge in [0, 0.05) is 6.04 Å². The van der Waals surface area contributed by atoms with Gasteiger partial charge in [-0.05, 0) is 19.3 Å². The van der Waals surface area contributed by atoms with Crippen LogP contribution in [0.3, 0.4) is 0 Å². The van der Waals surface area contributed by atoms with Crippen LogP contribution in [0.4, 0.5) is 0 Å². The number of rotatable bonds is 5. The van der Waals surface area contributed by atoms with E-state index in [0.717, 1.165) is 12.8 Å². The summed E-state index contributed by atoms with van der Waals surface area (Å²) in [5.41, 5.74) is 5.30. The van der Waals surface area contributed by atoms with Crippen LogP contribution in [0.25, 0.3) is 0 Å². The maximum Gasteiger partial charge on any atom is 0.234 e. The summed E-state index contributed by atoms with van der Waals surface area (Å²) in [6.07, 6.45) is 6.85. The zero-order valence-electron chi connectivity index (χ0n) is 8.38. The molecule has 1 atom stereocenters. The molecule has 1 aliphatic rings. The van der Waals surface area contributed by atoms with Crippen molar-refractivity contribution in [2.24, 2.45) is 5.73 Å². The molecule has 0 aliphatic heterocycles. The van der Waals surface area contributed by atoms with Crippen molar-refractivity contribution in [3.63, 3.8) is 0 Å². The quantitative estimate of drug-likeness (QED) is 0.674. The van der Waals surface area contributed by atoms with Crippen LogP contribution in [0.5, 0.6) is 0 Å². The Morgan fingerprint density at radius 3 is 2.62 bits per heavy atom. The van der Waals surface area contributed by atoms with Crippen molar-refractivity contribution in [1.29, 1.82) is 0 Å². The highest BCUT2D eigenvalue weighted by atomic mass is 16.1. The van der Waals surface area contributed by atoms with Gasteiger partial charge in [-0.15, -0.1) is 0 Å². The van der Waals surface area contributed by atoms with Crippen LogP contribution >= 0.6 is 0 Å². The van der Waals surface area contributed by atoms with E-state index >= 15 is 0 Å². The molecule has 1 saturated carbocycles. The van der Waals surface area contributed by atoms with E-state index in [1.165, 1.54) is 25.7 Å². The van der Waals surface area contributed by atoms with Crippen molar-refractivity contribution >= 4 is 5.91 Å². The third-order valence-electron chi connectivity index (χ3n) is 2.71. The monoisotopic (exact) mass is 184 g/mol. The van der Waals surface area contributed by atoms with Crippen LogP contribution in [0.15, 0.2) is 0 Å². The lowest BCUT2D eigenvalue weighted by atomic mass is 10.1. The molecule has 3 heteroatoms. The maximum absolute atomic E-state index is 11.0. The Morgan fingerprint density at radius 1 is 1.54 bits per heavy atom. The second-order valence-corrected chi connectivity index (χ2v) is 3.89. The first-order chi connectivity index (χ1) is 6.24. The molecule has 0 saturated heterocycles. The van der Waals surface area contributed by atoms with Crippen molar-refractivity contribution in [3.05, 3.63) is 0 Å². The van der Waals surface area contributed by atoms with Crippen molar-refractivity contribution < 1.29 is 4.79 Å². The first kappa shape index (κ1) is 10.5. The van der Waals surface area contributed by atoms with Gasteiger partial charge in [-0.1, -0.05) is 26.2 Å². The van der Waals surface area contributed by atoms with Crippen molar-refractivity contribution in [2.45, 2.75) is 57.5 Å². The van der Waals surface area contributed by atoms with Crippen LogP contribution in [0.1, 0.15) is 45.4 Å². The van der Waals surface area contributed by atoms with Crippen LogP contribution in [0, 0.1) is 0 Å². The van der Waals surface area contributed by atoms with E-state index in [-0.39, 0.29) is 11.9 Å². The van der Waals surface area contributed by atoms with Crippen LogP contribution in [-0.2, 0) is 4.79 Å². The second kappa shape index (κ2) is 5.22. The molecule has 13 heavy (non-hydrogen) atoms. The molecule has 1 fully saturated rings. The lowest BCUT2D eigenvalue weighted by molar-refractivity contribution is -0.120. The van der Waals surface area contributed by atoms with Gasteiger partial charge in [0.2, 0.25) is 5.91 Å². The van der Waals surface area contributed by atoms with E-state index in [9.17, 15) is 4.79 Å². The third-order valence-corrected chi connectivity index (χ3v) is 2.71. The Bertz CT molecular complexity index is 164. The van der Waals surface area contributed by atoms with E-state index in [2.05, 4.69) is 12.2 Å². The maximum atomic E-state index is 11.0. The summed E-state index contributed by atoms with van der Waals surface area (Å²) in [5.74, 6) is -0.200. The number of hydrogen-bond acceptors (Lipinski definition) is 2. The minimum atomic E-state index is -0.200. The Labute approximate surface area is 80.1 Å². The molecule has 0 heterocycles. The minimum absolute atomic E-state index is 0.104. The second-order valence-electron chi connectivity index (χ2n) is 3.89. The van der Waals surface area contributed by atoms with Crippen LogP contribution < -0.4 is 11.1 Å². The molecule has 1 rings (SSSR count). The molecule has 3 nitrogen and oxygen atoms in total.